The number of aromatic nitrogens is 3. The Balaban J connectivity index is 0.00000144. The zero-order chi connectivity index (χ0) is 15.4. The Morgan fingerprint density at radius 3 is 2.83 bits per heavy atom. The van der Waals surface area contributed by atoms with Gasteiger partial charge >= 0.3 is 0 Å². The van der Waals surface area contributed by atoms with Crippen LogP contribution in [0.4, 0.5) is 0 Å². The average Bonchev–Trinajstić information content (AvgIpc) is 3.30. The van der Waals surface area contributed by atoms with Gasteiger partial charge in [0, 0.05) is 31.6 Å². The molecule has 9 heteroatoms. The number of carbonyl (C=O) groups excluding carboxylic acids is 1. The lowest BCUT2D eigenvalue weighted by atomic mass is 10.2. The predicted molar refractivity (Wildman–Crippen MR) is 94.1 cm³/mol. The molecule has 0 bridgehead atoms. The highest BCUT2D eigenvalue weighted by molar-refractivity contribution is 5.85. The molecule has 2 heterocycles. The number of pyridine rings is 1. The minimum absolute atomic E-state index is 0. The van der Waals surface area contributed by atoms with E-state index >= 15 is 0 Å². The summed E-state index contributed by atoms with van der Waals surface area (Å²) < 4.78 is 5.14. The van der Waals surface area contributed by atoms with E-state index in [1.807, 2.05) is 12.1 Å². The number of nitrogens with zero attached hydrogens (tertiary/aromatic N) is 3. The Kier molecular flexibility index (Phi) is 8.10. The molecule has 1 amide bonds. The van der Waals surface area contributed by atoms with E-state index in [0.29, 0.717) is 42.7 Å². The molecule has 1 fully saturated rings. The van der Waals surface area contributed by atoms with Crippen LogP contribution in [-0.2, 0) is 11.2 Å². The molecule has 0 spiro atoms. The van der Waals surface area contributed by atoms with Gasteiger partial charge in [-0.3, -0.25) is 9.78 Å². The van der Waals surface area contributed by atoms with Crippen molar-refractivity contribution in [3.05, 3.63) is 30.3 Å². The molecule has 0 aromatic carbocycles. The van der Waals surface area contributed by atoms with Gasteiger partial charge in [0.25, 0.3) is 0 Å². The zero-order valence-corrected chi connectivity index (χ0v) is 14.7. The molecule has 1 saturated carbocycles. The molecule has 0 saturated heterocycles. The van der Waals surface area contributed by atoms with Gasteiger partial charge in [-0.05, 0) is 30.9 Å². The number of hydrogen-bond donors (Lipinski definition) is 2. The smallest absolute Gasteiger partial charge is 0.227 e. The zero-order valence-electron chi connectivity index (χ0n) is 13.1. The first-order valence-corrected chi connectivity index (χ1v) is 7.48. The van der Waals surface area contributed by atoms with Crippen molar-refractivity contribution < 1.29 is 9.32 Å². The quantitative estimate of drug-likeness (QED) is 0.765. The van der Waals surface area contributed by atoms with Crippen LogP contribution in [0, 0.1) is 5.92 Å². The van der Waals surface area contributed by atoms with Gasteiger partial charge in [-0.25, -0.2) is 0 Å². The molecule has 7 nitrogen and oxygen atoms in total. The van der Waals surface area contributed by atoms with Crippen molar-refractivity contribution in [1.82, 2.24) is 20.4 Å². The summed E-state index contributed by atoms with van der Waals surface area (Å²) in [5.74, 6) is 1.40. The Morgan fingerprint density at radius 1 is 1.38 bits per heavy atom. The number of nitrogens with one attached hydrogen (secondary N) is 1. The fraction of sp³-hybridized carbons (Fsp3) is 0.467. The normalized spacial score (nSPS) is 14.2. The van der Waals surface area contributed by atoms with Crippen LogP contribution in [0.5, 0.6) is 0 Å². The highest BCUT2D eigenvalue weighted by Crippen LogP contribution is 2.31. The Bertz CT molecular complexity index is 634. The summed E-state index contributed by atoms with van der Waals surface area (Å²) in [6, 6.07) is 5.56. The van der Waals surface area contributed by atoms with E-state index in [9.17, 15) is 4.79 Å². The van der Waals surface area contributed by atoms with E-state index < -0.39 is 0 Å². The summed E-state index contributed by atoms with van der Waals surface area (Å²) in [5, 5.41) is 6.72. The van der Waals surface area contributed by atoms with E-state index in [0.717, 1.165) is 0 Å². The second-order valence-electron chi connectivity index (χ2n) is 5.53. The molecule has 132 valence electrons. The van der Waals surface area contributed by atoms with Crippen LogP contribution in [0.2, 0.25) is 0 Å². The number of carbonyl (C=O) groups is 1. The molecular weight excluding hydrogens is 353 g/mol. The third-order valence-corrected chi connectivity index (χ3v) is 3.69. The summed E-state index contributed by atoms with van der Waals surface area (Å²) in [5.41, 5.74) is 6.59. The first-order chi connectivity index (χ1) is 10.7. The summed E-state index contributed by atoms with van der Waals surface area (Å²) in [6.45, 7) is 0.534. The number of hydrogen-bond acceptors (Lipinski definition) is 6. The van der Waals surface area contributed by atoms with E-state index in [1.165, 1.54) is 12.8 Å². The van der Waals surface area contributed by atoms with Crippen LogP contribution in [0.25, 0.3) is 11.5 Å². The molecule has 2 aromatic heterocycles. The number of amides is 1. The van der Waals surface area contributed by atoms with Gasteiger partial charge in [0.05, 0.1) is 0 Å². The number of nitrogens with two attached hydrogens (primary N) is 1. The molecule has 24 heavy (non-hydrogen) atoms. The minimum atomic E-state index is -0.0475. The lowest BCUT2D eigenvalue weighted by Crippen LogP contribution is -2.38. The van der Waals surface area contributed by atoms with Gasteiger partial charge in [0.2, 0.25) is 17.6 Å². The number of aryl methyl sites for hydroxylation is 1. The van der Waals surface area contributed by atoms with Gasteiger partial charge in [0.1, 0.15) is 5.69 Å². The monoisotopic (exact) mass is 373 g/mol. The molecule has 0 aliphatic heterocycles. The third kappa shape index (κ3) is 5.74. The predicted octanol–water partition coefficient (Wildman–Crippen LogP) is 1.76. The van der Waals surface area contributed by atoms with Crippen molar-refractivity contribution in [2.75, 3.05) is 6.54 Å². The lowest BCUT2D eigenvalue weighted by molar-refractivity contribution is -0.121. The highest BCUT2D eigenvalue weighted by Gasteiger charge is 2.28. The molecule has 1 aliphatic carbocycles. The third-order valence-electron chi connectivity index (χ3n) is 3.69. The second-order valence-corrected chi connectivity index (χ2v) is 5.53. The van der Waals surface area contributed by atoms with E-state index in [4.69, 9.17) is 10.3 Å². The number of rotatable bonds is 7. The van der Waals surface area contributed by atoms with E-state index in [2.05, 4.69) is 20.4 Å². The average molecular weight is 374 g/mol. The van der Waals surface area contributed by atoms with Crippen molar-refractivity contribution in [3.63, 3.8) is 0 Å². The van der Waals surface area contributed by atoms with Crippen LogP contribution in [0.3, 0.4) is 0 Å². The summed E-state index contributed by atoms with van der Waals surface area (Å²) in [6.07, 6.45) is 4.73. The first kappa shape index (κ1) is 20.3. The van der Waals surface area contributed by atoms with E-state index in [1.54, 1.807) is 12.3 Å². The SMILES string of the molecule is Cl.Cl.NC(CNC(=O)CCc1nc(-c2ccccn2)no1)C1CC1. The minimum Gasteiger partial charge on any atom is -0.355 e. The van der Waals surface area contributed by atoms with E-state index in [-0.39, 0.29) is 36.8 Å². The summed E-state index contributed by atoms with van der Waals surface area (Å²) in [7, 11) is 0. The van der Waals surface area contributed by atoms with Gasteiger partial charge in [-0.1, -0.05) is 11.2 Å². The van der Waals surface area contributed by atoms with Crippen molar-refractivity contribution in [2.24, 2.45) is 11.7 Å². The van der Waals surface area contributed by atoms with Crippen LogP contribution >= 0.6 is 24.8 Å². The standard InChI is InChI=1S/C15H19N5O2.2ClH/c16-11(10-4-5-10)9-18-13(21)6-7-14-19-15(20-22-14)12-3-1-2-8-17-12;;/h1-3,8,10-11H,4-7,9,16H2,(H,18,21);2*1H. The van der Waals surface area contributed by atoms with Gasteiger partial charge < -0.3 is 15.6 Å². The Labute approximate surface area is 152 Å². The highest BCUT2D eigenvalue weighted by atomic mass is 35.5. The maximum atomic E-state index is 11.8. The van der Waals surface area contributed by atoms with Crippen molar-refractivity contribution in [3.8, 4) is 11.5 Å². The van der Waals surface area contributed by atoms with Crippen molar-refractivity contribution in [1.29, 1.82) is 0 Å². The topological polar surface area (TPSA) is 107 Å². The molecular formula is C15H21Cl2N5O2. The van der Waals surface area contributed by atoms with Gasteiger partial charge in [-0.15, -0.1) is 24.8 Å². The van der Waals surface area contributed by atoms with Crippen LogP contribution < -0.4 is 11.1 Å². The maximum absolute atomic E-state index is 11.8. The van der Waals surface area contributed by atoms with Crippen LogP contribution in [-0.4, -0.2) is 33.6 Å². The molecule has 0 radical (unpaired) electrons. The second kappa shape index (κ2) is 9.56. The lowest BCUT2D eigenvalue weighted by Gasteiger charge is -2.10. The summed E-state index contributed by atoms with van der Waals surface area (Å²) >= 11 is 0. The molecule has 1 unspecified atom stereocenters. The fourth-order valence-electron chi connectivity index (χ4n) is 2.19. The first-order valence-electron chi connectivity index (χ1n) is 7.48. The molecule has 3 N–H and O–H groups in total. The Hall–Kier alpha value is -1.70. The molecule has 3 rings (SSSR count). The maximum Gasteiger partial charge on any atom is 0.227 e. The van der Waals surface area contributed by atoms with Gasteiger partial charge in [-0.2, -0.15) is 4.98 Å². The number of halogens is 2. The van der Waals surface area contributed by atoms with Gasteiger partial charge in [0.15, 0.2) is 0 Å². The Morgan fingerprint density at radius 2 is 2.17 bits per heavy atom. The van der Waals surface area contributed by atoms with Crippen LogP contribution in [0.15, 0.2) is 28.9 Å². The largest absolute Gasteiger partial charge is 0.355 e. The summed E-state index contributed by atoms with van der Waals surface area (Å²) in [4.78, 5) is 20.2. The van der Waals surface area contributed by atoms with Crippen LogP contribution in [0.1, 0.15) is 25.2 Å². The van der Waals surface area contributed by atoms with Crippen molar-refractivity contribution >= 4 is 30.7 Å². The molecule has 1 atom stereocenters. The molecule has 1 aliphatic rings. The fourth-order valence-corrected chi connectivity index (χ4v) is 2.19. The molecule has 2 aromatic rings. The van der Waals surface area contributed by atoms with Crippen molar-refractivity contribution in [2.45, 2.75) is 31.7 Å².